The minimum atomic E-state index is -1.00. The number of carbonyl (C=O) groups is 1. The van der Waals surface area contributed by atoms with E-state index in [1.54, 1.807) is 0 Å². The quantitative estimate of drug-likeness (QED) is 0.120. The number of amides is 1. The summed E-state index contributed by atoms with van der Waals surface area (Å²) in [6.45, 7) is 4.26. The fourth-order valence-electron chi connectivity index (χ4n) is 1.97. The van der Waals surface area contributed by atoms with Gasteiger partial charge in [0.15, 0.2) is 17.0 Å². The maximum atomic E-state index is 12.3. The molecule has 11 nitrogen and oxygen atoms in total. The average Bonchev–Trinajstić information content (AvgIpc) is 2.46. The first-order valence-corrected chi connectivity index (χ1v) is 7.59. The fraction of sp³-hybridized carbons (Fsp3) is 0.769. The normalized spacial score (nSPS) is 13.3. The van der Waals surface area contributed by atoms with Gasteiger partial charge >= 0.3 is 0 Å². The van der Waals surface area contributed by atoms with Crippen LogP contribution in [0.2, 0.25) is 0 Å². The van der Waals surface area contributed by atoms with Crippen LogP contribution in [0.15, 0.2) is 10.1 Å². The molecule has 0 unspecified atom stereocenters. The van der Waals surface area contributed by atoms with Crippen molar-refractivity contribution in [2.45, 2.75) is 45.2 Å². The van der Waals surface area contributed by atoms with E-state index in [1.165, 1.54) is 13.3 Å². The average molecular weight is 345 g/mol. The molecule has 138 valence electrons. The van der Waals surface area contributed by atoms with Crippen molar-refractivity contribution in [3.05, 3.63) is 10.1 Å². The summed E-state index contributed by atoms with van der Waals surface area (Å²) in [5.41, 5.74) is 12.4. The van der Waals surface area contributed by atoms with Crippen LogP contribution in [-0.4, -0.2) is 48.9 Å². The van der Waals surface area contributed by atoms with Gasteiger partial charge in [0.25, 0.3) is 0 Å². The molecular weight excluding hydrogens is 318 g/mol. The van der Waals surface area contributed by atoms with Gasteiger partial charge in [-0.1, -0.05) is 19.0 Å². The molecule has 0 aromatic heterocycles. The van der Waals surface area contributed by atoms with Gasteiger partial charge in [0, 0.05) is 6.54 Å². The highest BCUT2D eigenvalue weighted by Crippen LogP contribution is 2.05. The molecule has 0 aliphatic rings. The number of hydrogen-bond acceptors (Lipinski definition) is 6. The van der Waals surface area contributed by atoms with Crippen LogP contribution in [0.25, 0.3) is 0 Å². The number of nitro groups is 1. The van der Waals surface area contributed by atoms with Crippen LogP contribution in [0.4, 0.5) is 0 Å². The Labute approximate surface area is 141 Å². The van der Waals surface area contributed by atoms with Crippen molar-refractivity contribution in [1.29, 1.82) is 0 Å². The maximum absolute atomic E-state index is 12.3. The second kappa shape index (κ2) is 11.9. The second-order valence-corrected chi connectivity index (χ2v) is 5.57. The van der Waals surface area contributed by atoms with Gasteiger partial charge in [0.1, 0.15) is 7.11 Å². The van der Waals surface area contributed by atoms with E-state index in [1.807, 2.05) is 19.3 Å². The molecule has 0 aromatic rings. The summed E-state index contributed by atoms with van der Waals surface area (Å²) in [4.78, 5) is 31.4. The molecule has 0 fully saturated rings. The summed E-state index contributed by atoms with van der Waals surface area (Å²) in [7, 11) is 1.39. The number of nitrogens with two attached hydrogens (primary N) is 2. The van der Waals surface area contributed by atoms with E-state index < -0.39 is 17.0 Å². The van der Waals surface area contributed by atoms with Gasteiger partial charge in [0.05, 0.1) is 12.3 Å². The molecule has 11 heteroatoms. The first kappa shape index (κ1) is 21.4. The fourth-order valence-corrected chi connectivity index (χ4v) is 1.97. The van der Waals surface area contributed by atoms with Crippen molar-refractivity contribution in [1.82, 2.24) is 10.7 Å². The molecule has 1 amide bonds. The lowest BCUT2D eigenvalue weighted by Crippen LogP contribution is -2.50. The summed E-state index contributed by atoms with van der Waals surface area (Å²) >= 11 is 0. The van der Waals surface area contributed by atoms with E-state index >= 15 is 0 Å². The lowest BCUT2D eigenvalue weighted by Gasteiger charge is -2.19. The monoisotopic (exact) mass is 345 g/mol. The van der Waals surface area contributed by atoms with Gasteiger partial charge in [0.2, 0.25) is 5.91 Å². The lowest BCUT2D eigenvalue weighted by molar-refractivity contribution is -0.548. The highest BCUT2D eigenvalue weighted by Gasteiger charge is 2.24. The Balaban J connectivity index is 4.77. The Hall–Kier alpha value is -2.59. The molecule has 0 bridgehead atoms. The highest BCUT2D eigenvalue weighted by atomic mass is 16.7. The lowest BCUT2D eigenvalue weighted by atomic mass is 10.0. The van der Waals surface area contributed by atoms with Crippen molar-refractivity contribution in [2.75, 3.05) is 13.7 Å². The summed E-state index contributed by atoms with van der Waals surface area (Å²) < 4.78 is 0. The zero-order valence-electron chi connectivity index (χ0n) is 14.3. The van der Waals surface area contributed by atoms with Crippen LogP contribution >= 0.6 is 0 Å². The van der Waals surface area contributed by atoms with Gasteiger partial charge in [-0.05, 0) is 25.2 Å². The second-order valence-electron chi connectivity index (χ2n) is 5.57. The number of hydrazine groups is 1. The van der Waals surface area contributed by atoms with Gasteiger partial charge in [-0.2, -0.15) is 0 Å². The molecule has 0 aliphatic heterocycles. The predicted molar refractivity (Wildman–Crippen MR) is 90.7 cm³/mol. The molecule has 0 heterocycles. The van der Waals surface area contributed by atoms with Crippen LogP contribution in [0.5, 0.6) is 0 Å². The number of rotatable bonds is 12. The van der Waals surface area contributed by atoms with E-state index in [9.17, 15) is 14.9 Å². The number of guanidine groups is 1. The number of aliphatic imine (C=N–C) groups is 1. The van der Waals surface area contributed by atoms with Crippen LogP contribution in [0.3, 0.4) is 0 Å². The molecule has 0 rings (SSSR count). The minimum Gasteiger partial charge on any atom is -0.399 e. The molecule has 0 aromatic carbocycles. The Morgan fingerprint density at radius 1 is 1.42 bits per heavy atom. The molecule has 2 atom stereocenters. The van der Waals surface area contributed by atoms with Gasteiger partial charge < -0.3 is 21.6 Å². The van der Waals surface area contributed by atoms with E-state index in [-0.39, 0.29) is 25.0 Å². The molecular formula is C13H27N7O4. The Morgan fingerprint density at radius 2 is 2.08 bits per heavy atom. The van der Waals surface area contributed by atoms with Crippen LogP contribution < -0.4 is 22.2 Å². The van der Waals surface area contributed by atoms with Crippen molar-refractivity contribution in [2.24, 2.45) is 27.5 Å². The smallest absolute Gasteiger partial charge is 0.248 e. The van der Waals surface area contributed by atoms with Crippen molar-refractivity contribution >= 4 is 18.1 Å². The third-order valence-corrected chi connectivity index (χ3v) is 2.92. The topological polar surface area (TPSA) is 170 Å². The molecule has 0 spiro atoms. The van der Waals surface area contributed by atoms with E-state index in [2.05, 4.69) is 20.3 Å². The summed E-state index contributed by atoms with van der Waals surface area (Å²) in [6, 6.07) is -1.38. The Morgan fingerprint density at radius 3 is 2.58 bits per heavy atom. The van der Waals surface area contributed by atoms with Crippen molar-refractivity contribution in [3.8, 4) is 0 Å². The third kappa shape index (κ3) is 11.0. The number of oxime groups is 1. The van der Waals surface area contributed by atoms with Crippen LogP contribution in [0.1, 0.15) is 33.1 Å². The number of nitrogens with one attached hydrogen (secondary N) is 2. The zero-order valence-corrected chi connectivity index (χ0v) is 14.3. The molecule has 0 saturated carbocycles. The van der Waals surface area contributed by atoms with E-state index in [0.29, 0.717) is 18.8 Å². The number of carbonyl (C=O) groups excluding carboxylic acids is 1. The summed E-state index contributed by atoms with van der Waals surface area (Å²) in [5.74, 6) is -0.266. The highest BCUT2D eigenvalue weighted by molar-refractivity contribution is 5.84. The Kier molecular flexibility index (Phi) is 10.6. The van der Waals surface area contributed by atoms with Gasteiger partial charge in [-0.15, -0.1) is 5.43 Å². The van der Waals surface area contributed by atoms with Gasteiger partial charge in [-0.25, -0.2) is 10.1 Å². The SMILES string of the molecule is CON=C[C@H](CC(C)C)NC(=O)[C@H](CCCN=C(N)N)N[N+](=O)[O-]. The Bertz CT molecular complexity index is 450. The largest absolute Gasteiger partial charge is 0.399 e. The number of hydrogen-bond donors (Lipinski definition) is 4. The zero-order chi connectivity index (χ0) is 18.5. The third-order valence-electron chi connectivity index (χ3n) is 2.92. The molecule has 0 aliphatic carbocycles. The number of nitrogens with zero attached hydrogens (tertiary/aromatic N) is 3. The summed E-state index contributed by atoms with van der Waals surface area (Å²) in [6.07, 6.45) is 2.70. The van der Waals surface area contributed by atoms with Crippen LogP contribution in [-0.2, 0) is 9.63 Å². The maximum Gasteiger partial charge on any atom is 0.248 e. The minimum absolute atomic E-state index is 0.0639. The van der Waals surface area contributed by atoms with Gasteiger partial charge in [-0.3, -0.25) is 9.79 Å². The van der Waals surface area contributed by atoms with Crippen LogP contribution in [0, 0.1) is 16.0 Å². The van der Waals surface area contributed by atoms with E-state index in [0.717, 1.165) is 0 Å². The molecule has 0 saturated heterocycles. The first-order chi connectivity index (χ1) is 11.3. The van der Waals surface area contributed by atoms with E-state index in [4.69, 9.17) is 11.5 Å². The van der Waals surface area contributed by atoms with Crippen molar-refractivity contribution < 1.29 is 14.7 Å². The molecule has 0 radical (unpaired) electrons. The molecule has 24 heavy (non-hydrogen) atoms. The van der Waals surface area contributed by atoms with Crippen molar-refractivity contribution in [3.63, 3.8) is 0 Å². The summed E-state index contributed by atoms with van der Waals surface area (Å²) in [5, 5.41) is 16.3. The molecule has 6 N–H and O–H groups in total. The standard InChI is InChI=1S/C13H27N7O4/c1-9(2)7-10(8-17-24-3)18-12(21)11(19-20(22)23)5-4-6-16-13(14)15/h8-11,19H,4-7H2,1-3H3,(H,18,21)(H4,14,15,16)/t10-,11-/m0/s1. The predicted octanol–water partition coefficient (Wildman–Crippen LogP) is -0.647. The first-order valence-electron chi connectivity index (χ1n) is 7.59.